The second kappa shape index (κ2) is 7.31. The van der Waals surface area contributed by atoms with Crippen LogP contribution in [0.1, 0.15) is 37.8 Å². The predicted molar refractivity (Wildman–Crippen MR) is 90.5 cm³/mol. The lowest BCUT2D eigenvalue weighted by Gasteiger charge is -2.26. The minimum atomic E-state index is -0.879. The molecule has 0 saturated carbocycles. The van der Waals surface area contributed by atoms with Crippen molar-refractivity contribution in [1.29, 1.82) is 0 Å². The number of aryl methyl sites for hydroxylation is 2. The van der Waals surface area contributed by atoms with Gasteiger partial charge in [-0.3, -0.25) is 9.59 Å². The molecule has 0 bridgehead atoms. The number of carboxylic acid groups (broad SMARTS) is 1. The van der Waals surface area contributed by atoms with E-state index in [4.69, 9.17) is 5.11 Å². The maximum atomic E-state index is 12.4. The van der Waals surface area contributed by atoms with Crippen molar-refractivity contribution in [3.8, 4) is 0 Å². The van der Waals surface area contributed by atoms with Gasteiger partial charge in [0.2, 0.25) is 5.91 Å². The van der Waals surface area contributed by atoms with Gasteiger partial charge < -0.3 is 15.0 Å². The summed E-state index contributed by atoms with van der Waals surface area (Å²) < 4.78 is 0. The first kappa shape index (κ1) is 17.1. The molecule has 0 fully saturated rings. The minimum absolute atomic E-state index is 0.00301. The van der Waals surface area contributed by atoms with Gasteiger partial charge in [0.05, 0.1) is 6.42 Å². The molecule has 5 heteroatoms. The molecule has 1 aromatic carbocycles. The molecular weight excluding hydrogens is 292 g/mol. The summed E-state index contributed by atoms with van der Waals surface area (Å²) in [4.78, 5) is 28.0. The lowest BCUT2D eigenvalue weighted by Crippen LogP contribution is -2.38. The molecule has 0 saturated heterocycles. The Kier molecular flexibility index (Phi) is 5.42. The molecule has 0 aliphatic heterocycles. The number of carboxylic acids is 1. The number of carbonyl (C=O) groups excluding carboxylic acids is 1. The molecule has 2 rings (SSSR count). The average Bonchev–Trinajstić information content (AvgIpc) is 2.86. The molecule has 1 amide bonds. The fourth-order valence-corrected chi connectivity index (χ4v) is 2.77. The third-order valence-electron chi connectivity index (χ3n) is 4.04. The number of rotatable bonds is 7. The smallest absolute Gasteiger partial charge is 0.305 e. The summed E-state index contributed by atoms with van der Waals surface area (Å²) in [5.74, 6) is -0.876. The lowest BCUT2D eigenvalue weighted by molar-refractivity contribution is -0.139. The molecule has 0 radical (unpaired) electrons. The number of benzene rings is 1. The van der Waals surface area contributed by atoms with Crippen LogP contribution in [-0.4, -0.2) is 39.5 Å². The molecule has 5 nitrogen and oxygen atoms in total. The Labute approximate surface area is 136 Å². The number of carbonyl (C=O) groups is 2. The van der Waals surface area contributed by atoms with E-state index in [2.05, 4.69) is 17.1 Å². The van der Waals surface area contributed by atoms with Crippen LogP contribution >= 0.6 is 0 Å². The first-order valence-corrected chi connectivity index (χ1v) is 7.96. The van der Waals surface area contributed by atoms with E-state index in [9.17, 15) is 9.59 Å². The zero-order chi connectivity index (χ0) is 17.0. The number of hydrogen-bond donors (Lipinski definition) is 2. The summed E-state index contributed by atoms with van der Waals surface area (Å²) in [5.41, 5.74) is 3.39. The Morgan fingerprint density at radius 3 is 2.65 bits per heavy atom. The maximum Gasteiger partial charge on any atom is 0.305 e. The van der Waals surface area contributed by atoms with Crippen LogP contribution in [0.3, 0.4) is 0 Å². The first-order chi connectivity index (χ1) is 10.9. The van der Waals surface area contributed by atoms with Gasteiger partial charge in [0.1, 0.15) is 0 Å². The molecule has 0 aliphatic rings. The quantitative estimate of drug-likeness (QED) is 0.824. The van der Waals surface area contributed by atoms with Gasteiger partial charge >= 0.3 is 5.97 Å². The third-order valence-corrected chi connectivity index (χ3v) is 4.04. The van der Waals surface area contributed by atoms with Crippen molar-refractivity contribution < 1.29 is 14.7 Å². The molecule has 1 aromatic heterocycles. The van der Waals surface area contributed by atoms with Crippen LogP contribution in [0.5, 0.6) is 0 Å². The van der Waals surface area contributed by atoms with Crippen LogP contribution in [0.4, 0.5) is 0 Å². The van der Waals surface area contributed by atoms with Crippen LogP contribution in [0.2, 0.25) is 0 Å². The topological polar surface area (TPSA) is 73.4 Å². The first-order valence-electron chi connectivity index (χ1n) is 7.96. The Balaban J connectivity index is 2.03. The monoisotopic (exact) mass is 316 g/mol. The highest BCUT2D eigenvalue weighted by atomic mass is 16.4. The molecule has 1 heterocycles. The zero-order valence-corrected chi connectivity index (χ0v) is 13.9. The van der Waals surface area contributed by atoms with E-state index in [0.717, 1.165) is 16.5 Å². The Morgan fingerprint density at radius 2 is 2.00 bits per heavy atom. The van der Waals surface area contributed by atoms with E-state index in [-0.39, 0.29) is 24.9 Å². The van der Waals surface area contributed by atoms with Crippen molar-refractivity contribution in [2.45, 2.75) is 46.1 Å². The molecule has 124 valence electrons. The molecular formula is C18H24N2O3. The fourth-order valence-electron chi connectivity index (χ4n) is 2.77. The van der Waals surface area contributed by atoms with E-state index >= 15 is 0 Å². The number of nitrogens with one attached hydrogen (secondary N) is 1. The van der Waals surface area contributed by atoms with Gasteiger partial charge in [0, 0.05) is 36.1 Å². The van der Waals surface area contributed by atoms with Crippen LogP contribution < -0.4 is 0 Å². The average molecular weight is 316 g/mol. The summed E-state index contributed by atoms with van der Waals surface area (Å²) in [6.07, 6.45) is 2.97. The number of aromatic amines is 1. The molecule has 2 N–H and O–H groups in total. The molecule has 2 aromatic rings. The highest BCUT2D eigenvalue weighted by Gasteiger charge is 2.18. The third kappa shape index (κ3) is 4.34. The highest BCUT2D eigenvalue weighted by Crippen LogP contribution is 2.21. The Bertz CT molecular complexity index is 703. The number of nitrogens with zero attached hydrogens (tertiary/aromatic N) is 1. The summed E-state index contributed by atoms with van der Waals surface area (Å²) in [6.45, 7) is 6.14. The van der Waals surface area contributed by atoms with Gasteiger partial charge in [-0.25, -0.2) is 0 Å². The van der Waals surface area contributed by atoms with E-state index in [1.807, 2.05) is 33.0 Å². The second-order valence-corrected chi connectivity index (χ2v) is 6.19. The summed E-state index contributed by atoms with van der Waals surface area (Å²) in [6, 6.07) is 6.23. The van der Waals surface area contributed by atoms with Gasteiger partial charge in [0.15, 0.2) is 0 Å². The number of hydrogen-bond acceptors (Lipinski definition) is 2. The van der Waals surface area contributed by atoms with Gasteiger partial charge in [-0.15, -0.1) is 0 Å². The van der Waals surface area contributed by atoms with Crippen LogP contribution in [0.15, 0.2) is 24.4 Å². The minimum Gasteiger partial charge on any atom is -0.481 e. The van der Waals surface area contributed by atoms with Crippen molar-refractivity contribution in [1.82, 2.24) is 9.88 Å². The highest BCUT2D eigenvalue weighted by molar-refractivity contribution is 5.85. The largest absolute Gasteiger partial charge is 0.481 e. The lowest BCUT2D eigenvalue weighted by atomic mass is 10.1. The van der Waals surface area contributed by atoms with E-state index in [1.165, 1.54) is 5.56 Å². The number of aliphatic carboxylic acids is 1. The summed E-state index contributed by atoms with van der Waals surface area (Å²) >= 11 is 0. The fraction of sp³-hybridized carbons (Fsp3) is 0.444. The SMILES string of the molecule is Cc1ccc2[nH]cc(CCC(=O)N(CCC(=O)O)C(C)C)c2c1. The number of amides is 1. The second-order valence-electron chi connectivity index (χ2n) is 6.19. The summed E-state index contributed by atoms with van der Waals surface area (Å²) in [5, 5.41) is 9.96. The van der Waals surface area contributed by atoms with E-state index in [0.29, 0.717) is 12.8 Å². The van der Waals surface area contributed by atoms with Gasteiger partial charge in [-0.2, -0.15) is 0 Å². The molecule has 0 atom stereocenters. The molecule has 0 aliphatic carbocycles. The van der Waals surface area contributed by atoms with Crippen molar-refractivity contribution in [2.24, 2.45) is 0 Å². The number of fused-ring (bicyclic) bond motifs is 1. The summed E-state index contributed by atoms with van der Waals surface area (Å²) in [7, 11) is 0. The maximum absolute atomic E-state index is 12.4. The number of aromatic nitrogens is 1. The van der Waals surface area contributed by atoms with E-state index < -0.39 is 5.97 Å². The normalized spacial score (nSPS) is 11.1. The van der Waals surface area contributed by atoms with Crippen LogP contribution in [0, 0.1) is 6.92 Å². The van der Waals surface area contributed by atoms with Crippen molar-refractivity contribution in [2.75, 3.05) is 6.54 Å². The molecule has 0 spiro atoms. The number of H-pyrrole nitrogens is 1. The van der Waals surface area contributed by atoms with Crippen LogP contribution in [-0.2, 0) is 16.0 Å². The van der Waals surface area contributed by atoms with Crippen LogP contribution in [0.25, 0.3) is 10.9 Å². The Hall–Kier alpha value is -2.30. The van der Waals surface area contributed by atoms with Crippen molar-refractivity contribution in [3.05, 3.63) is 35.5 Å². The van der Waals surface area contributed by atoms with Gasteiger partial charge in [-0.1, -0.05) is 11.6 Å². The van der Waals surface area contributed by atoms with Crippen molar-refractivity contribution in [3.63, 3.8) is 0 Å². The van der Waals surface area contributed by atoms with E-state index in [1.54, 1.807) is 4.90 Å². The van der Waals surface area contributed by atoms with Gasteiger partial charge in [-0.05, 0) is 44.9 Å². The Morgan fingerprint density at radius 1 is 1.26 bits per heavy atom. The predicted octanol–water partition coefficient (Wildman–Crippen LogP) is 3.12. The zero-order valence-electron chi connectivity index (χ0n) is 13.9. The van der Waals surface area contributed by atoms with Crippen molar-refractivity contribution >= 4 is 22.8 Å². The molecule has 23 heavy (non-hydrogen) atoms. The van der Waals surface area contributed by atoms with Gasteiger partial charge in [0.25, 0.3) is 0 Å². The standard InChI is InChI=1S/C18H24N2O3/c1-12(2)20(9-8-18(22)23)17(21)7-5-14-11-19-16-6-4-13(3)10-15(14)16/h4,6,10-12,19H,5,7-9H2,1-3H3,(H,22,23). The molecule has 0 unspecified atom stereocenters.